The maximum atomic E-state index is 13.4. The van der Waals surface area contributed by atoms with Crippen LogP contribution in [-0.4, -0.2) is 10.8 Å². The summed E-state index contributed by atoms with van der Waals surface area (Å²) in [6.45, 7) is 0. The second-order valence-corrected chi connectivity index (χ2v) is 6.04. The van der Waals surface area contributed by atoms with Gasteiger partial charge in [-0.25, -0.2) is 4.39 Å². The van der Waals surface area contributed by atoms with Gasteiger partial charge in [-0.1, -0.05) is 25.0 Å². The van der Waals surface area contributed by atoms with Crippen LogP contribution in [0.15, 0.2) is 30.5 Å². The molecule has 3 nitrogen and oxygen atoms in total. The predicted molar refractivity (Wildman–Crippen MR) is 80.7 cm³/mol. The molecule has 1 saturated carbocycles. The van der Waals surface area contributed by atoms with E-state index in [1.807, 2.05) is 12.3 Å². The second-order valence-electron chi connectivity index (χ2n) is 6.04. The van der Waals surface area contributed by atoms with E-state index in [1.54, 1.807) is 17.0 Å². The molecule has 1 heterocycles. The molecule has 0 spiro atoms. The first-order chi connectivity index (χ1) is 10.1. The van der Waals surface area contributed by atoms with Crippen LogP contribution in [0.2, 0.25) is 0 Å². The molecule has 0 aromatic heterocycles. The van der Waals surface area contributed by atoms with Gasteiger partial charge in [-0.3, -0.25) is 4.79 Å². The predicted octanol–water partition coefficient (Wildman–Crippen LogP) is 3.78. The lowest BCUT2D eigenvalue weighted by molar-refractivity contribution is -0.131. The zero-order chi connectivity index (χ0) is 14.8. The summed E-state index contributed by atoms with van der Waals surface area (Å²) in [7, 11) is 0. The molecule has 1 unspecified atom stereocenters. The average Bonchev–Trinajstić information content (AvgIpc) is 3.29. The van der Waals surface area contributed by atoms with Gasteiger partial charge in [-0.2, -0.15) is 0 Å². The van der Waals surface area contributed by atoms with Crippen molar-refractivity contribution in [1.82, 2.24) is 4.90 Å². The first kappa shape index (κ1) is 14.1. The summed E-state index contributed by atoms with van der Waals surface area (Å²) in [4.78, 5) is 14.0. The Bertz CT molecular complexity index is 566. The average molecular weight is 288 g/mol. The van der Waals surface area contributed by atoms with Gasteiger partial charge in [0.2, 0.25) is 5.91 Å². The third kappa shape index (κ3) is 3.26. The number of nitrogens with two attached hydrogens (primary N) is 1. The maximum Gasteiger partial charge on any atom is 0.227 e. The highest BCUT2D eigenvalue weighted by molar-refractivity contribution is 5.79. The summed E-state index contributed by atoms with van der Waals surface area (Å²) < 4.78 is 13.4. The molecule has 4 heteroatoms. The molecule has 0 bridgehead atoms. The topological polar surface area (TPSA) is 46.3 Å². The molecule has 2 aliphatic rings. The highest BCUT2D eigenvalue weighted by atomic mass is 19.1. The molecule has 2 N–H and O–H groups in total. The molecule has 21 heavy (non-hydrogen) atoms. The fourth-order valence-electron chi connectivity index (χ4n) is 2.92. The van der Waals surface area contributed by atoms with Gasteiger partial charge in [0.05, 0.1) is 11.7 Å². The Labute approximate surface area is 124 Å². The molecule has 1 aliphatic carbocycles. The number of allylic oxidation sites excluding steroid dienone is 1. The van der Waals surface area contributed by atoms with Crippen molar-refractivity contribution in [2.24, 2.45) is 5.92 Å². The smallest absolute Gasteiger partial charge is 0.227 e. The zero-order valence-corrected chi connectivity index (χ0v) is 12.1. The van der Waals surface area contributed by atoms with E-state index in [-0.39, 0.29) is 17.6 Å². The number of nitrogens with zero attached hydrogens (tertiary/aromatic N) is 1. The molecule has 1 amide bonds. The minimum absolute atomic E-state index is 0.0300. The van der Waals surface area contributed by atoms with Crippen molar-refractivity contribution < 1.29 is 9.18 Å². The Morgan fingerprint density at radius 3 is 2.86 bits per heavy atom. The number of hydrogen-bond donors (Lipinski definition) is 1. The number of halogens is 1. The zero-order valence-electron chi connectivity index (χ0n) is 12.1. The van der Waals surface area contributed by atoms with Crippen LogP contribution in [0.3, 0.4) is 0 Å². The molecule has 1 aromatic rings. The molecule has 1 atom stereocenters. The van der Waals surface area contributed by atoms with Crippen molar-refractivity contribution in [2.45, 2.75) is 44.6 Å². The van der Waals surface area contributed by atoms with Crippen molar-refractivity contribution in [3.05, 3.63) is 41.9 Å². The highest BCUT2D eigenvalue weighted by Gasteiger charge is 2.28. The largest absolute Gasteiger partial charge is 0.396 e. The van der Waals surface area contributed by atoms with Crippen molar-refractivity contribution >= 4 is 11.6 Å². The Morgan fingerprint density at radius 2 is 2.19 bits per heavy atom. The summed E-state index contributed by atoms with van der Waals surface area (Å²) in [5, 5.41) is 0. The number of benzene rings is 1. The molecule has 3 rings (SSSR count). The van der Waals surface area contributed by atoms with Crippen LogP contribution in [0.1, 0.15) is 50.1 Å². The van der Waals surface area contributed by atoms with Crippen LogP contribution < -0.4 is 5.73 Å². The molecule has 1 aromatic carbocycles. The number of carbonyl (C=O) groups excluding carboxylic acids is 1. The minimum Gasteiger partial charge on any atom is -0.396 e. The number of hydrogen-bond acceptors (Lipinski definition) is 2. The quantitative estimate of drug-likeness (QED) is 0.838. The standard InChI is InChI=1S/C17H21FN2O/c18-14-8-7-13(11-15(14)19)16(9-6-12-4-5-12)20-10-2-1-3-17(20)21/h2,7-8,10-12,16H,1,3-6,9,19H2. The van der Waals surface area contributed by atoms with Crippen LogP contribution in [0.25, 0.3) is 0 Å². The number of anilines is 1. The number of nitrogen functional groups attached to an aromatic ring is 1. The number of amides is 1. The van der Waals surface area contributed by atoms with Gasteiger partial charge in [-0.15, -0.1) is 0 Å². The van der Waals surface area contributed by atoms with Crippen LogP contribution in [0.4, 0.5) is 10.1 Å². The first-order valence-corrected chi connectivity index (χ1v) is 7.68. The normalized spacial score (nSPS) is 19.9. The fraction of sp³-hybridized carbons (Fsp3) is 0.471. The lowest BCUT2D eigenvalue weighted by atomic mass is 9.97. The van der Waals surface area contributed by atoms with Crippen LogP contribution in [0, 0.1) is 11.7 Å². The molecule has 1 aliphatic heterocycles. The van der Waals surface area contributed by atoms with E-state index in [9.17, 15) is 9.18 Å². The lowest BCUT2D eigenvalue weighted by Crippen LogP contribution is -2.32. The van der Waals surface area contributed by atoms with E-state index < -0.39 is 5.82 Å². The Morgan fingerprint density at radius 1 is 1.38 bits per heavy atom. The highest BCUT2D eigenvalue weighted by Crippen LogP contribution is 2.38. The molecule has 0 saturated heterocycles. The molecule has 0 radical (unpaired) electrons. The summed E-state index contributed by atoms with van der Waals surface area (Å²) in [6.07, 6.45) is 9.86. The van der Waals surface area contributed by atoms with E-state index in [1.165, 1.54) is 18.9 Å². The number of rotatable bonds is 5. The van der Waals surface area contributed by atoms with Gasteiger partial charge in [0, 0.05) is 12.6 Å². The van der Waals surface area contributed by atoms with Gasteiger partial charge in [-0.05, 0) is 42.9 Å². The second kappa shape index (κ2) is 5.88. The van der Waals surface area contributed by atoms with Gasteiger partial charge >= 0.3 is 0 Å². The molecular formula is C17H21FN2O. The van der Waals surface area contributed by atoms with E-state index in [0.29, 0.717) is 6.42 Å². The van der Waals surface area contributed by atoms with Crippen LogP contribution >= 0.6 is 0 Å². The fourth-order valence-corrected chi connectivity index (χ4v) is 2.92. The Hall–Kier alpha value is -1.84. The SMILES string of the molecule is Nc1cc(C(CCC2CC2)N2C=CCCC2=O)ccc1F. The van der Waals surface area contributed by atoms with Gasteiger partial charge < -0.3 is 10.6 Å². The monoisotopic (exact) mass is 288 g/mol. The maximum absolute atomic E-state index is 13.4. The molecular weight excluding hydrogens is 267 g/mol. The lowest BCUT2D eigenvalue weighted by Gasteiger charge is -2.31. The van der Waals surface area contributed by atoms with Crippen molar-refractivity contribution in [2.75, 3.05) is 5.73 Å². The van der Waals surface area contributed by atoms with Gasteiger partial charge in [0.25, 0.3) is 0 Å². The van der Waals surface area contributed by atoms with E-state index >= 15 is 0 Å². The van der Waals surface area contributed by atoms with E-state index in [0.717, 1.165) is 30.7 Å². The van der Waals surface area contributed by atoms with E-state index in [4.69, 9.17) is 5.73 Å². The van der Waals surface area contributed by atoms with Gasteiger partial charge in [0.15, 0.2) is 0 Å². The Kier molecular flexibility index (Phi) is 3.95. The summed E-state index contributed by atoms with van der Waals surface area (Å²) in [6, 6.07) is 4.78. The van der Waals surface area contributed by atoms with Crippen molar-refractivity contribution in [3.63, 3.8) is 0 Å². The summed E-state index contributed by atoms with van der Waals surface area (Å²) >= 11 is 0. The molecule has 1 fully saturated rings. The summed E-state index contributed by atoms with van der Waals surface area (Å²) in [5.41, 5.74) is 6.77. The molecule has 112 valence electrons. The summed E-state index contributed by atoms with van der Waals surface area (Å²) in [5.74, 6) is 0.538. The third-order valence-electron chi connectivity index (χ3n) is 4.36. The minimum atomic E-state index is -0.403. The van der Waals surface area contributed by atoms with Crippen molar-refractivity contribution in [1.29, 1.82) is 0 Å². The van der Waals surface area contributed by atoms with Crippen molar-refractivity contribution in [3.8, 4) is 0 Å². The van der Waals surface area contributed by atoms with Gasteiger partial charge in [0.1, 0.15) is 5.82 Å². The van der Waals surface area contributed by atoms with Crippen LogP contribution in [-0.2, 0) is 4.79 Å². The first-order valence-electron chi connectivity index (χ1n) is 7.68. The van der Waals surface area contributed by atoms with E-state index in [2.05, 4.69) is 0 Å². The van der Waals surface area contributed by atoms with Crippen LogP contribution in [0.5, 0.6) is 0 Å². The Balaban J connectivity index is 1.86. The third-order valence-corrected chi connectivity index (χ3v) is 4.36. The number of carbonyl (C=O) groups is 1.